The molecule has 1 fully saturated rings. The molecule has 0 saturated carbocycles. The lowest BCUT2D eigenvalue weighted by molar-refractivity contribution is 0.0295. The summed E-state index contributed by atoms with van der Waals surface area (Å²) in [6.07, 6.45) is 1.53. The highest BCUT2D eigenvalue weighted by Gasteiger charge is 2.26. The number of aromatic nitrogens is 4. The van der Waals surface area contributed by atoms with Crippen molar-refractivity contribution in [3.63, 3.8) is 0 Å². The summed E-state index contributed by atoms with van der Waals surface area (Å²) in [7, 11) is 0. The van der Waals surface area contributed by atoms with E-state index in [1.807, 2.05) is 37.6 Å². The molecule has 0 aliphatic carbocycles. The summed E-state index contributed by atoms with van der Waals surface area (Å²) in [5.74, 6) is -0.443. The van der Waals surface area contributed by atoms with Gasteiger partial charge in [0.1, 0.15) is 5.69 Å². The third-order valence-corrected chi connectivity index (χ3v) is 6.88. The molecular formula is C23H27BrN6O3. The second-order valence-electron chi connectivity index (χ2n) is 7.92. The fourth-order valence-electron chi connectivity index (χ4n) is 3.82. The average molecular weight is 515 g/mol. The SMILES string of the molecule is CCn1ncc(NC(=O)c2ccc(Cn3nc(C)c(Br)c3C)cc2)c1C(=O)N1CCOCC1. The molecule has 0 spiro atoms. The summed E-state index contributed by atoms with van der Waals surface area (Å²) in [5.41, 5.74) is 4.33. The van der Waals surface area contributed by atoms with Crippen molar-refractivity contribution in [3.05, 3.63) is 63.1 Å². The number of nitrogens with zero attached hydrogens (tertiary/aromatic N) is 5. The first-order valence-electron chi connectivity index (χ1n) is 10.9. The van der Waals surface area contributed by atoms with Gasteiger partial charge < -0.3 is 15.0 Å². The maximum absolute atomic E-state index is 13.1. The predicted molar refractivity (Wildman–Crippen MR) is 128 cm³/mol. The zero-order valence-electron chi connectivity index (χ0n) is 19.0. The van der Waals surface area contributed by atoms with Crippen LogP contribution in [0.4, 0.5) is 5.69 Å². The number of hydrogen-bond acceptors (Lipinski definition) is 5. The van der Waals surface area contributed by atoms with Crippen LogP contribution in [0.3, 0.4) is 0 Å². The third-order valence-electron chi connectivity index (χ3n) is 5.73. The van der Waals surface area contributed by atoms with Crippen molar-refractivity contribution in [2.24, 2.45) is 0 Å². The van der Waals surface area contributed by atoms with Crippen molar-refractivity contribution in [1.82, 2.24) is 24.5 Å². The minimum absolute atomic E-state index is 0.153. The fourth-order valence-corrected chi connectivity index (χ4v) is 4.10. The number of carbonyl (C=O) groups is 2. The Morgan fingerprint density at radius 1 is 1.12 bits per heavy atom. The van der Waals surface area contributed by atoms with Gasteiger partial charge >= 0.3 is 0 Å². The first-order valence-corrected chi connectivity index (χ1v) is 11.7. The summed E-state index contributed by atoms with van der Waals surface area (Å²) in [4.78, 5) is 27.7. The predicted octanol–water partition coefficient (Wildman–Crippen LogP) is 3.25. The zero-order chi connectivity index (χ0) is 23.5. The molecule has 4 rings (SSSR count). The molecule has 3 aromatic rings. The summed E-state index contributed by atoms with van der Waals surface area (Å²) in [5, 5.41) is 11.7. The van der Waals surface area contributed by atoms with Crippen LogP contribution in [0.15, 0.2) is 34.9 Å². The van der Waals surface area contributed by atoms with Crippen molar-refractivity contribution < 1.29 is 14.3 Å². The van der Waals surface area contributed by atoms with Crippen LogP contribution in [0.25, 0.3) is 0 Å². The molecule has 1 aromatic carbocycles. The molecule has 0 radical (unpaired) electrons. The van der Waals surface area contributed by atoms with E-state index >= 15 is 0 Å². The van der Waals surface area contributed by atoms with Gasteiger partial charge in [0.05, 0.1) is 47.5 Å². The van der Waals surface area contributed by atoms with E-state index in [9.17, 15) is 9.59 Å². The summed E-state index contributed by atoms with van der Waals surface area (Å²) in [6, 6.07) is 7.38. The maximum Gasteiger partial charge on any atom is 0.274 e. The van der Waals surface area contributed by atoms with Gasteiger partial charge in [0.25, 0.3) is 11.8 Å². The highest BCUT2D eigenvalue weighted by Crippen LogP contribution is 2.22. The van der Waals surface area contributed by atoms with Gasteiger partial charge in [-0.05, 0) is 54.4 Å². The van der Waals surface area contributed by atoms with Crippen LogP contribution >= 0.6 is 15.9 Å². The Kier molecular flexibility index (Phi) is 6.94. The number of amides is 2. The van der Waals surface area contributed by atoms with Crippen LogP contribution in [0.1, 0.15) is 44.7 Å². The van der Waals surface area contributed by atoms with E-state index < -0.39 is 0 Å². The van der Waals surface area contributed by atoms with E-state index in [-0.39, 0.29) is 11.8 Å². The monoisotopic (exact) mass is 514 g/mol. The highest BCUT2D eigenvalue weighted by molar-refractivity contribution is 9.10. The molecule has 2 amide bonds. The van der Waals surface area contributed by atoms with Crippen LogP contribution < -0.4 is 5.32 Å². The van der Waals surface area contributed by atoms with Gasteiger partial charge in [0.15, 0.2) is 0 Å². The first-order chi connectivity index (χ1) is 15.9. The number of morpholine rings is 1. The minimum Gasteiger partial charge on any atom is -0.378 e. The van der Waals surface area contributed by atoms with Gasteiger partial charge in [0, 0.05) is 25.2 Å². The van der Waals surface area contributed by atoms with Gasteiger partial charge in [-0.2, -0.15) is 10.2 Å². The number of benzene rings is 1. The quantitative estimate of drug-likeness (QED) is 0.544. The lowest BCUT2D eigenvalue weighted by Gasteiger charge is -2.27. The van der Waals surface area contributed by atoms with Gasteiger partial charge in [-0.1, -0.05) is 12.1 Å². The van der Waals surface area contributed by atoms with Crippen LogP contribution in [0.2, 0.25) is 0 Å². The van der Waals surface area contributed by atoms with Gasteiger partial charge in [-0.25, -0.2) is 0 Å². The molecule has 1 aliphatic rings. The largest absolute Gasteiger partial charge is 0.378 e. The molecule has 10 heteroatoms. The zero-order valence-corrected chi connectivity index (χ0v) is 20.6. The Balaban J connectivity index is 1.48. The molecule has 9 nitrogen and oxygen atoms in total. The molecule has 33 heavy (non-hydrogen) atoms. The highest BCUT2D eigenvalue weighted by atomic mass is 79.9. The van der Waals surface area contributed by atoms with Crippen molar-refractivity contribution in [1.29, 1.82) is 0 Å². The van der Waals surface area contributed by atoms with Crippen LogP contribution in [-0.4, -0.2) is 62.6 Å². The molecule has 0 atom stereocenters. The van der Waals surface area contributed by atoms with E-state index in [1.54, 1.807) is 21.7 Å². The Morgan fingerprint density at radius 2 is 1.82 bits per heavy atom. The van der Waals surface area contributed by atoms with E-state index in [0.717, 1.165) is 21.4 Å². The molecule has 1 aliphatic heterocycles. The summed E-state index contributed by atoms with van der Waals surface area (Å²) in [6.45, 7) is 9.08. The lowest BCUT2D eigenvalue weighted by Crippen LogP contribution is -2.41. The third kappa shape index (κ3) is 4.86. The number of aryl methyl sites for hydroxylation is 2. The lowest BCUT2D eigenvalue weighted by atomic mass is 10.1. The Labute approximate surface area is 200 Å². The smallest absolute Gasteiger partial charge is 0.274 e. The number of rotatable bonds is 6. The summed E-state index contributed by atoms with van der Waals surface area (Å²) < 4.78 is 9.89. The average Bonchev–Trinajstić information content (AvgIpc) is 3.35. The Bertz CT molecular complexity index is 1160. The molecule has 3 heterocycles. The molecular weight excluding hydrogens is 488 g/mol. The Hall–Kier alpha value is -2.98. The number of nitrogens with one attached hydrogen (secondary N) is 1. The number of halogens is 1. The number of anilines is 1. The van der Waals surface area contributed by atoms with Crippen molar-refractivity contribution in [2.45, 2.75) is 33.9 Å². The molecule has 0 bridgehead atoms. The first kappa shape index (κ1) is 23.2. The minimum atomic E-state index is -0.290. The second-order valence-corrected chi connectivity index (χ2v) is 8.71. The maximum atomic E-state index is 13.1. The molecule has 2 aromatic heterocycles. The standard InChI is InChI=1S/C23H27BrN6O3/c1-4-29-21(23(32)28-9-11-33-12-10-28)19(13-25-29)26-22(31)18-7-5-17(6-8-18)14-30-16(3)20(24)15(2)27-30/h5-8,13H,4,9-12,14H2,1-3H3,(H,26,31). The molecule has 0 unspecified atom stereocenters. The van der Waals surface area contributed by atoms with Gasteiger partial charge in [0.2, 0.25) is 0 Å². The number of ether oxygens (including phenoxy) is 1. The van der Waals surface area contributed by atoms with Crippen LogP contribution in [-0.2, 0) is 17.8 Å². The van der Waals surface area contributed by atoms with Gasteiger partial charge in [-0.3, -0.25) is 19.0 Å². The molecule has 174 valence electrons. The summed E-state index contributed by atoms with van der Waals surface area (Å²) >= 11 is 3.55. The normalized spacial score (nSPS) is 13.9. The Morgan fingerprint density at radius 3 is 2.42 bits per heavy atom. The number of carbonyl (C=O) groups excluding carboxylic acids is 2. The van der Waals surface area contributed by atoms with Crippen molar-refractivity contribution >= 4 is 33.4 Å². The van der Waals surface area contributed by atoms with Crippen LogP contribution in [0.5, 0.6) is 0 Å². The van der Waals surface area contributed by atoms with Crippen LogP contribution in [0, 0.1) is 13.8 Å². The molecule has 1 N–H and O–H groups in total. The second kappa shape index (κ2) is 9.88. The van der Waals surface area contributed by atoms with Crippen molar-refractivity contribution in [2.75, 3.05) is 31.6 Å². The van der Waals surface area contributed by atoms with E-state index in [4.69, 9.17) is 4.74 Å². The number of hydrogen-bond donors (Lipinski definition) is 1. The fraction of sp³-hybridized carbons (Fsp3) is 0.391. The van der Waals surface area contributed by atoms with E-state index in [0.29, 0.717) is 56.3 Å². The van der Waals surface area contributed by atoms with E-state index in [2.05, 4.69) is 31.4 Å². The van der Waals surface area contributed by atoms with E-state index in [1.165, 1.54) is 6.20 Å². The topological polar surface area (TPSA) is 94.3 Å². The van der Waals surface area contributed by atoms with Gasteiger partial charge in [-0.15, -0.1) is 0 Å². The van der Waals surface area contributed by atoms with Crippen molar-refractivity contribution in [3.8, 4) is 0 Å². The molecule has 1 saturated heterocycles.